The van der Waals surface area contributed by atoms with Gasteiger partial charge < -0.3 is 15.4 Å². The largest absolute Gasteiger partial charge is 0.467 e. The number of nitrogens with one attached hydrogen (secondary N) is 2. The molecule has 0 bridgehead atoms. The van der Waals surface area contributed by atoms with Gasteiger partial charge in [-0.05, 0) is 33.2 Å². The normalized spacial score (nSPS) is 21.3. The van der Waals surface area contributed by atoms with Gasteiger partial charge in [-0.15, -0.1) is 0 Å². The minimum absolute atomic E-state index is 0.0438. The van der Waals surface area contributed by atoms with E-state index in [2.05, 4.69) is 15.4 Å². The first-order chi connectivity index (χ1) is 7.47. The van der Waals surface area contributed by atoms with Crippen LogP contribution in [-0.4, -0.2) is 37.6 Å². The molecule has 1 amide bonds. The van der Waals surface area contributed by atoms with Crippen LogP contribution in [0.4, 0.5) is 0 Å². The average Bonchev–Trinajstić information content (AvgIpc) is 2.28. The van der Waals surface area contributed by atoms with Gasteiger partial charge in [-0.25, -0.2) is 4.79 Å². The molecule has 0 aromatic rings. The van der Waals surface area contributed by atoms with E-state index in [1.807, 2.05) is 0 Å². The summed E-state index contributed by atoms with van der Waals surface area (Å²) in [7, 11) is 1.32. The first-order valence-electron chi connectivity index (χ1n) is 5.58. The van der Waals surface area contributed by atoms with E-state index in [-0.39, 0.29) is 11.8 Å². The lowest BCUT2D eigenvalue weighted by Gasteiger charge is -2.28. The van der Waals surface area contributed by atoms with Gasteiger partial charge in [0.25, 0.3) is 0 Å². The zero-order valence-corrected chi connectivity index (χ0v) is 10.1. The first-order valence-corrected chi connectivity index (χ1v) is 5.58. The third-order valence-corrected chi connectivity index (χ3v) is 2.80. The second-order valence-corrected chi connectivity index (χ2v) is 4.65. The third kappa shape index (κ3) is 3.20. The first kappa shape index (κ1) is 13.0. The molecule has 0 spiro atoms. The maximum Gasteiger partial charge on any atom is 0.330 e. The standard InChI is InChI=1S/C11H20N2O3/c1-11(2,10(15)16-3)13-9(14)8-5-4-6-12-7-8/h8,12H,4-7H2,1-3H3,(H,13,14)/t8-/m1/s1. The van der Waals surface area contributed by atoms with Crippen LogP contribution in [0.2, 0.25) is 0 Å². The maximum absolute atomic E-state index is 11.9. The molecule has 16 heavy (non-hydrogen) atoms. The maximum atomic E-state index is 11.9. The van der Waals surface area contributed by atoms with Crippen LogP contribution in [0, 0.1) is 5.92 Å². The predicted octanol–water partition coefficient (Wildman–Crippen LogP) is 0.0538. The van der Waals surface area contributed by atoms with Crippen molar-refractivity contribution in [3.8, 4) is 0 Å². The molecule has 0 unspecified atom stereocenters. The molecule has 1 heterocycles. The lowest BCUT2D eigenvalue weighted by molar-refractivity contribution is -0.150. The molecule has 1 atom stereocenters. The van der Waals surface area contributed by atoms with Crippen LogP contribution in [0.1, 0.15) is 26.7 Å². The van der Waals surface area contributed by atoms with Crippen molar-refractivity contribution < 1.29 is 14.3 Å². The van der Waals surface area contributed by atoms with E-state index in [1.54, 1.807) is 13.8 Å². The molecule has 1 aliphatic rings. The number of piperidine rings is 1. The van der Waals surface area contributed by atoms with E-state index < -0.39 is 11.5 Å². The number of esters is 1. The zero-order chi connectivity index (χ0) is 12.2. The lowest BCUT2D eigenvalue weighted by Crippen LogP contribution is -2.53. The minimum Gasteiger partial charge on any atom is -0.467 e. The van der Waals surface area contributed by atoms with Gasteiger partial charge in [-0.1, -0.05) is 0 Å². The van der Waals surface area contributed by atoms with Crippen LogP contribution in [0.15, 0.2) is 0 Å². The highest BCUT2D eigenvalue weighted by Crippen LogP contribution is 2.13. The highest BCUT2D eigenvalue weighted by Gasteiger charge is 2.33. The van der Waals surface area contributed by atoms with E-state index >= 15 is 0 Å². The lowest BCUT2D eigenvalue weighted by atomic mass is 9.96. The third-order valence-electron chi connectivity index (χ3n) is 2.80. The fourth-order valence-electron chi connectivity index (χ4n) is 1.79. The van der Waals surface area contributed by atoms with Crippen molar-refractivity contribution in [3.05, 3.63) is 0 Å². The topological polar surface area (TPSA) is 67.4 Å². The summed E-state index contributed by atoms with van der Waals surface area (Å²) in [6.45, 7) is 4.94. The molecule has 0 aromatic carbocycles. The molecule has 2 N–H and O–H groups in total. The van der Waals surface area contributed by atoms with Crippen molar-refractivity contribution in [1.82, 2.24) is 10.6 Å². The SMILES string of the molecule is COC(=O)C(C)(C)NC(=O)[C@@H]1CCCNC1. The number of rotatable bonds is 3. The molecule has 1 fully saturated rings. The molecule has 5 nitrogen and oxygen atoms in total. The molecule has 0 aromatic heterocycles. The Balaban J connectivity index is 2.52. The summed E-state index contributed by atoms with van der Waals surface area (Å²) < 4.78 is 4.63. The van der Waals surface area contributed by atoms with Gasteiger partial charge in [0.05, 0.1) is 13.0 Å². The number of methoxy groups -OCH3 is 1. The van der Waals surface area contributed by atoms with Crippen molar-refractivity contribution in [1.29, 1.82) is 0 Å². The Hall–Kier alpha value is -1.10. The van der Waals surface area contributed by atoms with Gasteiger partial charge in [0.2, 0.25) is 5.91 Å². The average molecular weight is 228 g/mol. The number of carbonyl (C=O) groups is 2. The number of amides is 1. The van der Waals surface area contributed by atoms with Crippen molar-refractivity contribution in [2.24, 2.45) is 5.92 Å². The highest BCUT2D eigenvalue weighted by molar-refractivity contribution is 5.88. The van der Waals surface area contributed by atoms with E-state index in [9.17, 15) is 9.59 Å². The Morgan fingerprint density at radius 2 is 2.12 bits per heavy atom. The van der Waals surface area contributed by atoms with Crippen molar-refractivity contribution in [2.75, 3.05) is 20.2 Å². The monoisotopic (exact) mass is 228 g/mol. The van der Waals surface area contributed by atoms with Crippen LogP contribution in [0.5, 0.6) is 0 Å². The molecule has 5 heteroatoms. The van der Waals surface area contributed by atoms with Gasteiger partial charge in [0.1, 0.15) is 5.54 Å². The Kier molecular flexibility index (Phi) is 4.29. The molecule has 1 aliphatic heterocycles. The predicted molar refractivity (Wildman–Crippen MR) is 59.8 cm³/mol. The summed E-state index contributed by atoms with van der Waals surface area (Å²) in [6, 6.07) is 0. The van der Waals surface area contributed by atoms with Gasteiger partial charge in [0.15, 0.2) is 0 Å². The smallest absolute Gasteiger partial charge is 0.330 e. The number of carbonyl (C=O) groups excluding carboxylic acids is 2. The molecular formula is C11H20N2O3. The molecule has 0 radical (unpaired) electrons. The van der Waals surface area contributed by atoms with Gasteiger partial charge in [-0.2, -0.15) is 0 Å². The molecule has 1 rings (SSSR count). The summed E-state index contributed by atoms with van der Waals surface area (Å²) in [4.78, 5) is 23.3. The number of ether oxygens (including phenoxy) is 1. The quantitative estimate of drug-likeness (QED) is 0.670. The van der Waals surface area contributed by atoms with Gasteiger partial charge in [-0.3, -0.25) is 4.79 Å². The number of hydrogen-bond donors (Lipinski definition) is 2. The van der Waals surface area contributed by atoms with Gasteiger partial charge >= 0.3 is 5.97 Å². The zero-order valence-electron chi connectivity index (χ0n) is 10.1. The highest BCUT2D eigenvalue weighted by atomic mass is 16.5. The molecule has 0 aliphatic carbocycles. The number of hydrogen-bond acceptors (Lipinski definition) is 4. The molecular weight excluding hydrogens is 208 g/mol. The fourth-order valence-corrected chi connectivity index (χ4v) is 1.79. The van der Waals surface area contributed by atoms with Crippen molar-refractivity contribution >= 4 is 11.9 Å². The van der Waals surface area contributed by atoms with Crippen LogP contribution in [0.3, 0.4) is 0 Å². The molecule has 92 valence electrons. The summed E-state index contributed by atoms with van der Waals surface area (Å²) in [5, 5.41) is 5.89. The van der Waals surface area contributed by atoms with Crippen LogP contribution in [0.25, 0.3) is 0 Å². The van der Waals surface area contributed by atoms with Crippen LogP contribution in [-0.2, 0) is 14.3 Å². The van der Waals surface area contributed by atoms with Crippen LogP contribution < -0.4 is 10.6 Å². The fraction of sp³-hybridized carbons (Fsp3) is 0.818. The van der Waals surface area contributed by atoms with Gasteiger partial charge in [0, 0.05) is 6.54 Å². The summed E-state index contributed by atoms with van der Waals surface area (Å²) >= 11 is 0. The Morgan fingerprint density at radius 1 is 1.44 bits per heavy atom. The second kappa shape index (κ2) is 5.30. The molecule has 0 saturated carbocycles. The summed E-state index contributed by atoms with van der Waals surface area (Å²) in [6.07, 6.45) is 1.87. The van der Waals surface area contributed by atoms with E-state index in [1.165, 1.54) is 7.11 Å². The summed E-state index contributed by atoms with van der Waals surface area (Å²) in [5.41, 5.74) is -0.955. The van der Waals surface area contributed by atoms with Crippen molar-refractivity contribution in [3.63, 3.8) is 0 Å². The Morgan fingerprint density at radius 3 is 2.62 bits per heavy atom. The minimum atomic E-state index is -0.955. The Bertz CT molecular complexity index is 270. The Labute approximate surface area is 95.9 Å². The van der Waals surface area contributed by atoms with E-state index in [0.29, 0.717) is 6.54 Å². The molecule has 1 saturated heterocycles. The van der Waals surface area contributed by atoms with Crippen LogP contribution >= 0.6 is 0 Å². The van der Waals surface area contributed by atoms with Crippen molar-refractivity contribution in [2.45, 2.75) is 32.2 Å². The van der Waals surface area contributed by atoms with E-state index in [0.717, 1.165) is 19.4 Å². The second-order valence-electron chi connectivity index (χ2n) is 4.65. The summed E-state index contributed by atoms with van der Waals surface area (Å²) in [5.74, 6) is -0.551. The van der Waals surface area contributed by atoms with E-state index in [4.69, 9.17) is 0 Å².